The maximum atomic E-state index is 13.6. The summed E-state index contributed by atoms with van der Waals surface area (Å²) in [6.07, 6.45) is 2.29. The first-order valence-electron chi connectivity index (χ1n) is 15.8. The topological polar surface area (TPSA) is 119 Å². The minimum atomic E-state index is -3.72. The minimum Gasteiger partial charge on any atom is -0.493 e. The second kappa shape index (κ2) is 17.2. The average Bonchev–Trinajstić information content (AvgIpc) is 3.59. The third-order valence-electron chi connectivity index (χ3n) is 7.68. The molecule has 1 aliphatic heterocycles. The molecule has 0 aliphatic carbocycles. The van der Waals surface area contributed by atoms with Crippen LogP contribution < -0.4 is 23.7 Å². The van der Waals surface area contributed by atoms with Gasteiger partial charge in [-0.1, -0.05) is 44.2 Å². The highest BCUT2D eigenvalue weighted by Gasteiger charge is 2.33. The SMILES string of the molecule is CCCOc1c(OCCN(C=O)OCc2ccccc2)cc(C2CCC(c3cc(OC)c(OC)c(OC)c3)O2)cc1S(=O)(=O)CCC. The first-order valence-corrected chi connectivity index (χ1v) is 17.4. The van der Waals surface area contributed by atoms with Crippen molar-refractivity contribution in [3.8, 4) is 28.7 Å². The number of hydrogen-bond acceptors (Lipinski definition) is 10. The van der Waals surface area contributed by atoms with E-state index in [4.69, 9.17) is 33.3 Å². The molecule has 3 aromatic rings. The number of amides is 1. The Morgan fingerprint density at radius 2 is 1.45 bits per heavy atom. The highest BCUT2D eigenvalue weighted by atomic mass is 32.2. The summed E-state index contributed by atoms with van der Waals surface area (Å²) in [5.41, 5.74) is 2.42. The molecule has 0 bridgehead atoms. The maximum absolute atomic E-state index is 13.6. The molecule has 11 nitrogen and oxygen atoms in total. The Kier molecular flexibility index (Phi) is 13.1. The number of benzene rings is 3. The summed E-state index contributed by atoms with van der Waals surface area (Å²) in [5.74, 6) is 1.90. The summed E-state index contributed by atoms with van der Waals surface area (Å²) in [4.78, 5) is 17.4. The molecule has 4 rings (SSSR count). The van der Waals surface area contributed by atoms with Crippen LogP contribution in [0.1, 0.15) is 68.4 Å². The van der Waals surface area contributed by atoms with Crippen LogP contribution in [0, 0.1) is 0 Å². The van der Waals surface area contributed by atoms with Crippen LogP contribution in [0.5, 0.6) is 28.7 Å². The number of hydroxylamine groups is 2. The van der Waals surface area contributed by atoms with Gasteiger partial charge in [-0.05, 0) is 66.6 Å². The van der Waals surface area contributed by atoms with E-state index in [0.717, 1.165) is 16.2 Å². The molecule has 47 heavy (non-hydrogen) atoms. The van der Waals surface area contributed by atoms with Gasteiger partial charge in [0, 0.05) is 0 Å². The van der Waals surface area contributed by atoms with Crippen LogP contribution in [0.3, 0.4) is 0 Å². The molecule has 2 atom stereocenters. The second-order valence-electron chi connectivity index (χ2n) is 11.0. The summed E-state index contributed by atoms with van der Waals surface area (Å²) < 4.78 is 62.4. The summed E-state index contributed by atoms with van der Waals surface area (Å²) in [6, 6.07) is 16.6. The zero-order chi connectivity index (χ0) is 33.8. The van der Waals surface area contributed by atoms with Gasteiger partial charge in [0.2, 0.25) is 12.2 Å². The number of methoxy groups -OCH3 is 3. The van der Waals surface area contributed by atoms with Crippen LogP contribution in [-0.2, 0) is 30.8 Å². The Labute approximate surface area is 277 Å². The fourth-order valence-electron chi connectivity index (χ4n) is 5.39. The van der Waals surface area contributed by atoms with Gasteiger partial charge < -0.3 is 28.4 Å². The highest BCUT2D eigenvalue weighted by Crippen LogP contribution is 2.48. The smallest absolute Gasteiger partial charge is 0.233 e. The van der Waals surface area contributed by atoms with Crippen LogP contribution in [0.15, 0.2) is 59.5 Å². The first-order chi connectivity index (χ1) is 22.8. The fourth-order valence-corrected chi connectivity index (χ4v) is 6.90. The molecule has 256 valence electrons. The molecule has 0 N–H and O–H groups in total. The maximum Gasteiger partial charge on any atom is 0.233 e. The highest BCUT2D eigenvalue weighted by molar-refractivity contribution is 7.91. The van der Waals surface area contributed by atoms with Crippen molar-refractivity contribution < 1.29 is 46.5 Å². The zero-order valence-corrected chi connectivity index (χ0v) is 28.5. The molecule has 0 radical (unpaired) electrons. The van der Waals surface area contributed by atoms with Crippen molar-refractivity contribution in [2.75, 3.05) is 46.8 Å². The van der Waals surface area contributed by atoms with E-state index in [-0.39, 0.29) is 48.0 Å². The van der Waals surface area contributed by atoms with E-state index in [0.29, 0.717) is 61.5 Å². The van der Waals surface area contributed by atoms with Crippen molar-refractivity contribution in [3.63, 3.8) is 0 Å². The molecule has 1 heterocycles. The average molecular weight is 672 g/mol. The van der Waals surface area contributed by atoms with Gasteiger partial charge in [-0.15, -0.1) is 0 Å². The van der Waals surface area contributed by atoms with Gasteiger partial charge in [-0.3, -0.25) is 9.63 Å². The number of ether oxygens (including phenoxy) is 6. The second-order valence-corrected chi connectivity index (χ2v) is 13.1. The fraction of sp³-hybridized carbons (Fsp3) is 0.457. The van der Waals surface area contributed by atoms with Crippen LogP contribution >= 0.6 is 0 Å². The Morgan fingerprint density at radius 3 is 2.02 bits per heavy atom. The summed E-state index contributed by atoms with van der Waals surface area (Å²) in [7, 11) is 0.949. The van der Waals surface area contributed by atoms with E-state index < -0.39 is 15.9 Å². The molecule has 1 saturated heterocycles. The largest absolute Gasteiger partial charge is 0.493 e. The van der Waals surface area contributed by atoms with E-state index in [1.165, 1.54) is 0 Å². The predicted molar refractivity (Wildman–Crippen MR) is 176 cm³/mol. The molecule has 0 aromatic heterocycles. The van der Waals surface area contributed by atoms with Crippen molar-refractivity contribution in [1.82, 2.24) is 5.06 Å². The van der Waals surface area contributed by atoms with Crippen LogP contribution in [0.4, 0.5) is 0 Å². The summed E-state index contributed by atoms with van der Waals surface area (Å²) in [5, 5.41) is 1.15. The van der Waals surface area contributed by atoms with Gasteiger partial charge in [0.15, 0.2) is 32.8 Å². The number of hydrogen-bond donors (Lipinski definition) is 0. The van der Waals surface area contributed by atoms with Crippen LogP contribution in [0.2, 0.25) is 0 Å². The summed E-state index contributed by atoms with van der Waals surface area (Å²) in [6.45, 7) is 4.41. The van der Waals surface area contributed by atoms with Crippen molar-refractivity contribution in [3.05, 3.63) is 71.3 Å². The van der Waals surface area contributed by atoms with Crippen LogP contribution in [-0.4, -0.2) is 66.7 Å². The molecule has 12 heteroatoms. The van der Waals surface area contributed by atoms with Crippen molar-refractivity contribution in [2.24, 2.45) is 0 Å². The molecular formula is C35H45NO10S. The van der Waals surface area contributed by atoms with Crippen molar-refractivity contribution >= 4 is 16.2 Å². The van der Waals surface area contributed by atoms with E-state index in [2.05, 4.69) is 0 Å². The molecule has 0 spiro atoms. The molecule has 2 unspecified atom stereocenters. The number of carbonyl (C=O) groups excluding carboxylic acids is 1. The van der Waals surface area contributed by atoms with Gasteiger partial charge in [-0.25, -0.2) is 13.5 Å². The number of rotatable bonds is 19. The lowest BCUT2D eigenvalue weighted by Crippen LogP contribution is -2.27. The predicted octanol–water partition coefficient (Wildman–Crippen LogP) is 6.25. The van der Waals surface area contributed by atoms with E-state index >= 15 is 0 Å². The lowest BCUT2D eigenvalue weighted by molar-refractivity contribution is -0.179. The van der Waals surface area contributed by atoms with Gasteiger partial charge in [0.05, 0.1) is 52.4 Å². The van der Waals surface area contributed by atoms with Crippen molar-refractivity contribution in [2.45, 2.75) is 63.2 Å². The standard InChI is InChI=1S/C35H45NO10S/c1-6-16-44-35-32(43-17-15-36(24-37)45-23-25-11-9-8-10-12-25)21-27(22-33(35)47(38,39)18-7-2)29-14-13-28(46-29)26-19-30(40-3)34(42-5)31(20-26)41-4/h8-12,19-22,24,28-29H,6-7,13-18,23H2,1-5H3. The van der Waals surface area contributed by atoms with Crippen LogP contribution in [0.25, 0.3) is 0 Å². The van der Waals surface area contributed by atoms with Gasteiger partial charge in [0.25, 0.3) is 0 Å². The van der Waals surface area contributed by atoms with Gasteiger partial charge in [0.1, 0.15) is 18.1 Å². The number of carbonyl (C=O) groups is 1. The minimum absolute atomic E-state index is 0.0340. The number of nitrogens with zero attached hydrogens (tertiary/aromatic N) is 1. The Bertz CT molecular complexity index is 1540. The lowest BCUT2D eigenvalue weighted by atomic mass is 10.0. The van der Waals surface area contributed by atoms with E-state index in [1.54, 1.807) is 33.5 Å². The third kappa shape index (κ3) is 9.09. The van der Waals surface area contributed by atoms with Gasteiger partial charge in [-0.2, -0.15) is 0 Å². The Balaban J connectivity index is 1.62. The summed E-state index contributed by atoms with van der Waals surface area (Å²) >= 11 is 0. The normalized spacial score (nSPS) is 16.0. The van der Waals surface area contributed by atoms with Gasteiger partial charge >= 0.3 is 0 Å². The Hall–Kier alpha value is -4.00. The molecule has 3 aromatic carbocycles. The molecule has 0 saturated carbocycles. The first kappa shape index (κ1) is 35.8. The molecule has 1 fully saturated rings. The molecule has 1 aliphatic rings. The lowest BCUT2D eigenvalue weighted by Gasteiger charge is -2.22. The quantitative estimate of drug-likeness (QED) is 0.107. The monoisotopic (exact) mass is 671 g/mol. The van der Waals surface area contributed by atoms with E-state index in [9.17, 15) is 13.2 Å². The Morgan fingerprint density at radius 1 is 0.809 bits per heavy atom. The third-order valence-corrected chi connectivity index (χ3v) is 9.60. The van der Waals surface area contributed by atoms with E-state index in [1.807, 2.05) is 56.3 Å². The number of sulfone groups is 1. The van der Waals surface area contributed by atoms with Crippen molar-refractivity contribution in [1.29, 1.82) is 0 Å². The molecule has 1 amide bonds. The molecular weight excluding hydrogens is 626 g/mol. The zero-order valence-electron chi connectivity index (χ0n) is 27.7.